The average molecular weight is 323 g/mol. The lowest BCUT2D eigenvalue weighted by Gasteiger charge is -2.26. The number of hydrogen-bond donors (Lipinski definition) is 1. The normalized spacial score (nSPS) is 20.8. The second-order valence-corrected chi connectivity index (χ2v) is 7.21. The van der Waals surface area contributed by atoms with Gasteiger partial charge in [-0.25, -0.2) is 4.98 Å². The Balaban J connectivity index is 1.61. The lowest BCUT2D eigenvalue weighted by Crippen LogP contribution is -2.30. The summed E-state index contributed by atoms with van der Waals surface area (Å²) in [7, 11) is 0. The van der Waals surface area contributed by atoms with Gasteiger partial charge in [0.2, 0.25) is 0 Å². The van der Waals surface area contributed by atoms with Crippen LogP contribution in [0.4, 0.5) is 0 Å². The van der Waals surface area contributed by atoms with Crippen molar-refractivity contribution in [1.29, 1.82) is 0 Å². The van der Waals surface area contributed by atoms with E-state index >= 15 is 0 Å². The van der Waals surface area contributed by atoms with E-state index in [1.807, 2.05) is 36.5 Å². The van der Waals surface area contributed by atoms with Crippen molar-refractivity contribution >= 4 is 22.9 Å². The van der Waals surface area contributed by atoms with Gasteiger partial charge < -0.3 is 5.11 Å². The Morgan fingerprint density at radius 1 is 1.38 bits per heavy atom. The molecule has 0 saturated carbocycles. The molecular formula is C16H19ClN2OS. The maximum atomic E-state index is 10.4. The summed E-state index contributed by atoms with van der Waals surface area (Å²) < 4.78 is 0.602. The third-order valence-electron chi connectivity index (χ3n) is 4.06. The Hall–Kier alpha value is -0.940. The van der Waals surface area contributed by atoms with Crippen molar-refractivity contribution in [3.8, 4) is 0 Å². The number of likely N-dealkylation sites (tertiary alicyclic amines) is 1. The number of aromatic nitrogens is 1. The summed E-state index contributed by atoms with van der Waals surface area (Å²) in [5.74, 6) is 0. The number of aliphatic hydroxyl groups is 1. The van der Waals surface area contributed by atoms with Gasteiger partial charge >= 0.3 is 0 Å². The summed E-state index contributed by atoms with van der Waals surface area (Å²) in [6, 6.07) is 10.3. The first-order valence-corrected chi connectivity index (χ1v) is 8.49. The monoisotopic (exact) mass is 322 g/mol. The molecule has 1 aliphatic heterocycles. The van der Waals surface area contributed by atoms with Crippen LogP contribution in [0.5, 0.6) is 0 Å². The van der Waals surface area contributed by atoms with Crippen molar-refractivity contribution in [3.05, 3.63) is 51.4 Å². The van der Waals surface area contributed by atoms with Crippen LogP contribution in [0.1, 0.15) is 35.8 Å². The zero-order chi connectivity index (χ0) is 14.7. The molecule has 3 rings (SSSR count). The highest BCUT2D eigenvalue weighted by molar-refractivity contribution is 7.15. The molecule has 2 unspecified atom stereocenters. The van der Waals surface area contributed by atoms with Gasteiger partial charge in [-0.15, -0.1) is 11.3 Å². The molecule has 1 aromatic heterocycles. The SMILES string of the molecule is OC(CC1CCCN1Cc1cnc(Cl)s1)c1ccccc1. The number of aliphatic hydroxyl groups excluding tert-OH is 1. The van der Waals surface area contributed by atoms with E-state index in [2.05, 4.69) is 9.88 Å². The molecule has 0 amide bonds. The average Bonchev–Trinajstić information content (AvgIpc) is 3.10. The molecular weight excluding hydrogens is 304 g/mol. The zero-order valence-electron chi connectivity index (χ0n) is 11.8. The number of halogens is 1. The Bertz CT molecular complexity index is 575. The van der Waals surface area contributed by atoms with Gasteiger partial charge in [0.15, 0.2) is 4.47 Å². The first kappa shape index (κ1) is 15.0. The molecule has 3 nitrogen and oxygen atoms in total. The molecule has 1 aromatic carbocycles. The second-order valence-electron chi connectivity index (χ2n) is 5.51. The summed E-state index contributed by atoms with van der Waals surface area (Å²) in [4.78, 5) is 7.74. The zero-order valence-corrected chi connectivity index (χ0v) is 13.4. The van der Waals surface area contributed by atoms with Crippen LogP contribution in [-0.4, -0.2) is 27.6 Å². The van der Waals surface area contributed by atoms with Gasteiger partial charge in [0.1, 0.15) is 0 Å². The molecule has 112 valence electrons. The van der Waals surface area contributed by atoms with Crippen LogP contribution in [0.25, 0.3) is 0 Å². The number of nitrogens with zero attached hydrogens (tertiary/aromatic N) is 2. The largest absolute Gasteiger partial charge is 0.388 e. The van der Waals surface area contributed by atoms with Gasteiger partial charge in [0, 0.05) is 23.7 Å². The van der Waals surface area contributed by atoms with E-state index in [1.165, 1.54) is 11.3 Å². The molecule has 0 spiro atoms. The van der Waals surface area contributed by atoms with Crippen molar-refractivity contribution in [1.82, 2.24) is 9.88 Å². The van der Waals surface area contributed by atoms with Crippen molar-refractivity contribution in [2.75, 3.05) is 6.54 Å². The minimum absolute atomic E-state index is 0.387. The van der Waals surface area contributed by atoms with E-state index < -0.39 is 0 Å². The molecule has 1 saturated heterocycles. The molecule has 2 aromatic rings. The molecule has 5 heteroatoms. The standard InChI is InChI=1S/C16H19ClN2OS/c17-16-18-10-14(21-16)11-19-8-4-7-13(19)9-15(20)12-5-2-1-3-6-12/h1-3,5-6,10,13,15,20H,4,7-9,11H2. The predicted molar refractivity (Wildman–Crippen MR) is 86.6 cm³/mol. The van der Waals surface area contributed by atoms with Crippen molar-refractivity contribution in [3.63, 3.8) is 0 Å². The molecule has 2 heterocycles. The van der Waals surface area contributed by atoms with E-state index in [-0.39, 0.29) is 6.10 Å². The third-order valence-corrected chi connectivity index (χ3v) is 5.16. The van der Waals surface area contributed by atoms with E-state index in [1.54, 1.807) is 11.3 Å². The molecule has 0 radical (unpaired) electrons. The maximum Gasteiger partial charge on any atom is 0.183 e. The van der Waals surface area contributed by atoms with Crippen LogP contribution in [0.2, 0.25) is 4.47 Å². The highest BCUT2D eigenvalue weighted by atomic mass is 35.5. The quantitative estimate of drug-likeness (QED) is 0.907. The van der Waals surface area contributed by atoms with Crippen LogP contribution in [0, 0.1) is 0 Å². The highest BCUT2D eigenvalue weighted by Crippen LogP contribution is 2.30. The lowest BCUT2D eigenvalue weighted by atomic mass is 10.0. The predicted octanol–water partition coefficient (Wildman–Crippen LogP) is 3.88. The van der Waals surface area contributed by atoms with Crippen LogP contribution >= 0.6 is 22.9 Å². The van der Waals surface area contributed by atoms with Crippen molar-refractivity contribution < 1.29 is 5.11 Å². The first-order chi connectivity index (χ1) is 10.2. The Labute approximate surface area is 134 Å². The summed E-state index contributed by atoms with van der Waals surface area (Å²) in [6.07, 6.45) is 4.60. The fraction of sp³-hybridized carbons (Fsp3) is 0.438. The van der Waals surface area contributed by atoms with E-state index in [4.69, 9.17) is 11.6 Å². The molecule has 0 bridgehead atoms. The van der Waals surface area contributed by atoms with Gasteiger partial charge in [0.05, 0.1) is 6.10 Å². The van der Waals surface area contributed by atoms with Gasteiger partial charge in [-0.1, -0.05) is 41.9 Å². The van der Waals surface area contributed by atoms with Gasteiger partial charge in [0.25, 0.3) is 0 Å². The van der Waals surface area contributed by atoms with E-state index in [0.29, 0.717) is 10.5 Å². The van der Waals surface area contributed by atoms with Gasteiger partial charge in [-0.2, -0.15) is 0 Å². The number of thiazole rings is 1. The Morgan fingerprint density at radius 2 is 2.19 bits per heavy atom. The molecule has 21 heavy (non-hydrogen) atoms. The lowest BCUT2D eigenvalue weighted by molar-refractivity contribution is 0.118. The van der Waals surface area contributed by atoms with Crippen molar-refractivity contribution in [2.24, 2.45) is 0 Å². The maximum absolute atomic E-state index is 10.4. The van der Waals surface area contributed by atoms with Gasteiger partial charge in [-0.05, 0) is 31.4 Å². The molecule has 2 atom stereocenters. The Morgan fingerprint density at radius 3 is 2.90 bits per heavy atom. The fourth-order valence-electron chi connectivity index (χ4n) is 3.00. The highest BCUT2D eigenvalue weighted by Gasteiger charge is 2.27. The Kier molecular flexibility index (Phi) is 4.91. The molecule has 1 aliphatic rings. The molecule has 0 aliphatic carbocycles. The number of hydrogen-bond acceptors (Lipinski definition) is 4. The van der Waals surface area contributed by atoms with Crippen molar-refractivity contribution in [2.45, 2.75) is 38.0 Å². The second kappa shape index (κ2) is 6.88. The van der Waals surface area contributed by atoms with Crippen LogP contribution in [-0.2, 0) is 6.54 Å². The number of benzene rings is 1. The van der Waals surface area contributed by atoms with E-state index in [9.17, 15) is 5.11 Å². The first-order valence-electron chi connectivity index (χ1n) is 7.29. The summed E-state index contributed by atoms with van der Waals surface area (Å²) >= 11 is 7.44. The summed E-state index contributed by atoms with van der Waals surface area (Å²) in [5, 5.41) is 10.4. The van der Waals surface area contributed by atoms with Crippen LogP contribution in [0.15, 0.2) is 36.5 Å². The minimum Gasteiger partial charge on any atom is -0.388 e. The third kappa shape index (κ3) is 3.83. The van der Waals surface area contributed by atoms with Crippen LogP contribution < -0.4 is 0 Å². The molecule has 1 fully saturated rings. The summed E-state index contributed by atoms with van der Waals surface area (Å²) in [5.41, 5.74) is 1.00. The minimum atomic E-state index is -0.387. The smallest absolute Gasteiger partial charge is 0.183 e. The fourth-order valence-corrected chi connectivity index (χ4v) is 4.00. The topological polar surface area (TPSA) is 36.4 Å². The van der Waals surface area contributed by atoms with Crippen LogP contribution in [0.3, 0.4) is 0 Å². The number of rotatable bonds is 5. The summed E-state index contributed by atoms with van der Waals surface area (Å²) in [6.45, 7) is 1.97. The molecule has 1 N–H and O–H groups in total. The van der Waals surface area contributed by atoms with Gasteiger partial charge in [-0.3, -0.25) is 4.90 Å². The van der Waals surface area contributed by atoms with E-state index in [0.717, 1.165) is 31.5 Å².